The van der Waals surface area contributed by atoms with Crippen LogP contribution in [0.25, 0.3) is 11.3 Å². The van der Waals surface area contributed by atoms with E-state index in [4.69, 9.17) is 20.3 Å². The molecule has 1 aliphatic heterocycles. The first-order chi connectivity index (χ1) is 16.0. The number of pyridine rings is 2. The molecule has 1 saturated carbocycles. The van der Waals surface area contributed by atoms with Crippen LogP contribution < -0.4 is 11.1 Å². The van der Waals surface area contributed by atoms with Gasteiger partial charge in [-0.2, -0.15) is 5.06 Å². The second-order valence-corrected chi connectivity index (χ2v) is 9.68. The average Bonchev–Trinajstić information content (AvgIpc) is 2.84. The van der Waals surface area contributed by atoms with Crippen LogP contribution in [0.1, 0.15) is 63.9 Å². The highest BCUT2D eigenvalue weighted by atomic mass is 16.7. The molecule has 3 heterocycles. The zero-order valence-corrected chi connectivity index (χ0v) is 20.3. The number of aromatic nitrogens is 2. The number of nitrogens with zero attached hydrogens (tertiary/aromatic N) is 3. The van der Waals surface area contributed by atoms with Crippen molar-refractivity contribution in [2.24, 2.45) is 5.92 Å². The van der Waals surface area contributed by atoms with E-state index in [1.165, 1.54) is 5.56 Å². The van der Waals surface area contributed by atoms with Crippen LogP contribution in [0.4, 0.5) is 11.6 Å². The smallest absolute Gasteiger partial charge is 0.126 e. The highest BCUT2D eigenvalue weighted by molar-refractivity contribution is 5.68. The van der Waals surface area contributed by atoms with Gasteiger partial charge >= 0.3 is 0 Å². The van der Waals surface area contributed by atoms with Gasteiger partial charge in [-0.1, -0.05) is 6.07 Å². The average molecular weight is 454 g/mol. The Kier molecular flexibility index (Phi) is 8.17. The second kappa shape index (κ2) is 11.3. The number of rotatable bonds is 8. The maximum absolute atomic E-state index is 6.03. The van der Waals surface area contributed by atoms with Gasteiger partial charge in [0.05, 0.1) is 12.8 Å². The van der Waals surface area contributed by atoms with Crippen LogP contribution in [0.3, 0.4) is 0 Å². The predicted molar refractivity (Wildman–Crippen MR) is 133 cm³/mol. The summed E-state index contributed by atoms with van der Waals surface area (Å²) in [4.78, 5) is 14.9. The Morgan fingerprint density at radius 3 is 2.55 bits per heavy atom. The molecule has 180 valence electrons. The predicted octanol–water partition coefficient (Wildman–Crippen LogP) is 4.86. The molecule has 1 saturated heterocycles. The highest BCUT2D eigenvalue weighted by Gasteiger charge is 2.30. The summed E-state index contributed by atoms with van der Waals surface area (Å²) in [5.74, 6) is 2.57. The Bertz CT molecular complexity index is 892. The SMILES string of the molecule is CON(C(C)C)[C@H]1CC[C@H](c2ccc(NCC3CCOCC3)nc2-c2ccnc(N)c2)CC1. The minimum Gasteiger partial charge on any atom is -0.384 e. The zero-order chi connectivity index (χ0) is 23.2. The summed E-state index contributed by atoms with van der Waals surface area (Å²) in [7, 11) is 1.79. The molecule has 0 unspecified atom stereocenters. The number of hydrogen-bond acceptors (Lipinski definition) is 7. The molecule has 0 aromatic carbocycles. The van der Waals surface area contributed by atoms with Crippen LogP contribution >= 0.6 is 0 Å². The van der Waals surface area contributed by atoms with Gasteiger partial charge in [0.1, 0.15) is 11.6 Å². The summed E-state index contributed by atoms with van der Waals surface area (Å²) >= 11 is 0. The Balaban J connectivity index is 1.53. The van der Waals surface area contributed by atoms with Crippen LogP contribution in [0, 0.1) is 5.92 Å². The van der Waals surface area contributed by atoms with Crippen molar-refractivity contribution in [3.8, 4) is 11.3 Å². The van der Waals surface area contributed by atoms with Gasteiger partial charge in [0, 0.05) is 43.6 Å². The largest absolute Gasteiger partial charge is 0.384 e. The standard InChI is InChI=1S/C26H39N5O2/c1-18(2)31(32-3)22-6-4-20(5-7-22)23-8-9-25(29-17-19-11-14-33-15-12-19)30-26(23)21-10-13-28-24(27)16-21/h8-10,13,16,18-20,22H,4-7,11-12,14-15,17H2,1-3H3,(H2,27,28)(H,29,30)/t20-,22-. The maximum Gasteiger partial charge on any atom is 0.126 e. The number of nitrogen functional groups attached to an aromatic ring is 1. The van der Waals surface area contributed by atoms with Crippen molar-refractivity contribution in [3.63, 3.8) is 0 Å². The number of ether oxygens (including phenoxy) is 1. The van der Waals surface area contributed by atoms with Crippen molar-refractivity contribution >= 4 is 11.6 Å². The summed E-state index contributed by atoms with van der Waals surface area (Å²) < 4.78 is 5.49. The molecule has 2 aliphatic rings. The summed E-state index contributed by atoms with van der Waals surface area (Å²) in [6, 6.07) is 9.22. The van der Waals surface area contributed by atoms with E-state index in [9.17, 15) is 0 Å². The van der Waals surface area contributed by atoms with Crippen LogP contribution in [-0.2, 0) is 9.57 Å². The van der Waals surface area contributed by atoms with Crippen molar-refractivity contribution < 1.29 is 9.57 Å². The fourth-order valence-electron chi connectivity index (χ4n) is 5.35. The molecule has 1 aliphatic carbocycles. The molecule has 0 bridgehead atoms. The van der Waals surface area contributed by atoms with Crippen molar-refractivity contribution in [2.45, 2.75) is 70.4 Å². The van der Waals surface area contributed by atoms with E-state index in [0.717, 1.165) is 75.4 Å². The Labute approximate surface area is 198 Å². The first-order valence-corrected chi connectivity index (χ1v) is 12.4. The molecule has 0 radical (unpaired) electrons. The van der Waals surface area contributed by atoms with Crippen molar-refractivity contribution in [2.75, 3.05) is 37.9 Å². The van der Waals surface area contributed by atoms with Gasteiger partial charge in [0.25, 0.3) is 0 Å². The molecule has 3 N–H and O–H groups in total. The molecule has 0 amide bonds. The summed E-state index contributed by atoms with van der Waals surface area (Å²) in [6.07, 6.45) is 8.49. The van der Waals surface area contributed by atoms with E-state index in [1.807, 2.05) is 12.1 Å². The molecular formula is C26H39N5O2. The van der Waals surface area contributed by atoms with E-state index in [-0.39, 0.29) is 0 Å². The van der Waals surface area contributed by atoms with Gasteiger partial charge in [0.2, 0.25) is 0 Å². The monoisotopic (exact) mass is 453 g/mol. The molecule has 0 spiro atoms. The lowest BCUT2D eigenvalue weighted by atomic mass is 9.80. The van der Waals surface area contributed by atoms with Crippen molar-refractivity contribution in [1.82, 2.24) is 15.0 Å². The second-order valence-electron chi connectivity index (χ2n) is 9.68. The third kappa shape index (κ3) is 6.02. The lowest BCUT2D eigenvalue weighted by Gasteiger charge is -2.37. The fraction of sp³-hybridized carbons (Fsp3) is 0.615. The summed E-state index contributed by atoms with van der Waals surface area (Å²) in [6.45, 7) is 7.04. The van der Waals surface area contributed by atoms with Gasteiger partial charge in [-0.15, -0.1) is 0 Å². The van der Waals surface area contributed by atoms with E-state index >= 15 is 0 Å². The lowest BCUT2D eigenvalue weighted by molar-refractivity contribution is -0.189. The number of nitrogens with one attached hydrogen (secondary N) is 1. The molecule has 7 nitrogen and oxygen atoms in total. The summed E-state index contributed by atoms with van der Waals surface area (Å²) in [5.41, 5.74) is 9.40. The van der Waals surface area contributed by atoms with E-state index in [2.05, 4.69) is 41.3 Å². The molecule has 4 rings (SSSR count). The van der Waals surface area contributed by atoms with Crippen LogP contribution in [-0.4, -0.2) is 54.0 Å². The van der Waals surface area contributed by atoms with Crippen molar-refractivity contribution in [1.29, 1.82) is 0 Å². The van der Waals surface area contributed by atoms with Gasteiger partial charge < -0.3 is 20.6 Å². The van der Waals surface area contributed by atoms with E-state index in [0.29, 0.717) is 29.7 Å². The molecule has 2 aromatic heterocycles. The van der Waals surface area contributed by atoms with Crippen molar-refractivity contribution in [3.05, 3.63) is 36.0 Å². The van der Waals surface area contributed by atoms with Crippen LogP contribution in [0.15, 0.2) is 30.5 Å². The first-order valence-electron chi connectivity index (χ1n) is 12.4. The number of hydroxylamine groups is 2. The highest BCUT2D eigenvalue weighted by Crippen LogP contribution is 2.39. The molecule has 2 aromatic rings. The van der Waals surface area contributed by atoms with Gasteiger partial charge in [-0.05, 0) is 88.0 Å². The molecule has 0 atom stereocenters. The minimum atomic E-state index is 0.384. The fourth-order valence-corrected chi connectivity index (χ4v) is 5.35. The Morgan fingerprint density at radius 2 is 1.88 bits per heavy atom. The van der Waals surface area contributed by atoms with Crippen LogP contribution in [0.2, 0.25) is 0 Å². The van der Waals surface area contributed by atoms with Gasteiger partial charge in [0.15, 0.2) is 0 Å². The third-order valence-corrected chi connectivity index (χ3v) is 7.11. The van der Waals surface area contributed by atoms with E-state index in [1.54, 1.807) is 13.3 Å². The van der Waals surface area contributed by atoms with Gasteiger partial charge in [-0.25, -0.2) is 9.97 Å². The normalized spacial score (nSPS) is 22.1. The molecular weight excluding hydrogens is 414 g/mol. The van der Waals surface area contributed by atoms with Gasteiger partial charge in [-0.3, -0.25) is 0 Å². The van der Waals surface area contributed by atoms with E-state index < -0.39 is 0 Å². The topological polar surface area (TPSA) is 85.5 Å². The lowest BCUT2D eigenvalue weighted by Crippen LogP contribution is -2.41. The quantitative estimate of drug-likeness (QED) is 0.552. The molecule has 33 heavy (non-hydrogen) atoms. The first kappa shape index (κ1) is 23.9. The summed E-state index contributed by atoms with van der Waals surface area (Å²) in [5, 5.41) is 5.73. The number of anilines is 2. The Morgan fingerprint density at radius 1 is 1.12 bits per heavy atom. The minimum absolute atomic E-state index is 0.384. The third-order valence-electron chi connectivity index (χ3n) is 7.11. The number of nitrogens with two attached hydrogens (primary N) is 1. The molecule has 2 fully saturated rings. The maximum atomic E-state index is 6.03. The zero-order valence-electron chi connectivity index (χ0n) is 20.3. The van der Waals surface area contributed by atoms with Crippen LogP contribution in [0.5, 0.6) is 0 Å². The number of hydrogen-bond donors (Lipinski definition) is 2. The molecule has 7 heteroatoms. The Hall–Kier alpha value is -2.22.